The predicted molar refractivity (Wildman–Crippen MR) is 105 cm³/mol. The highest BCUT2D eigenvalue weighted by molar-refractivity contribution is 8.00. The molecular weight excluding hydrogens is 316 g/mol. The van der Waals surface area contributed by atoms with Crippen LogP contribution in [0.25, 0.3) is 10.8 Å². The quantitative estimate of drug-likeness (QED) is 0.684. The summed E-state index contributed by atoms with van der Waals surface area (Å²) in [5, 5.41) is 5.86. The number of aromatic nitrogens is 1. The summed E-state index contributed by atoms with van der Waals surface area (Å²) in [6.07, 6.45) is 1.88. The first kappa shape index (κ1) is 17.1. The second-order valence-electron chi connectivity index (χ2n) is 6.68. The van der Waals surface area contributed by atoms with Crippen molar-refractivity contribution in [2.24, 2.45) is 4.99 Å². The van der Waals surface area contributed by atoms with Crippen molar-refractivity contribution in [3.05, 3.63) is 42.2 Å². The van der Waals surface area contributed by atoms with Crippen LogP contribution in [0.15, 0.2) is 41.5 Å². The fourth-order valence-corrected chi connectivity index (χ4v) is 4.19. The Morgan fingerprint density at radius 2 is 2.17 bits per heavy atom. The Morgan fingerprint density at radius 3 is 2.96 bits per heavy atom. The van der Waals surface area contributed by atoms with Gasteiger partial charge in [-0.1, -0.05) is 24.3 Å². The zero-order valence-electron chi connectivity index (χ0n) is 14.7. The van der Waals surface area contributed by atoms with E-state index in [9.17, 15) is 0 Å². The number of nitrogens with one attached hydrogen (secondary N) is 1. The Morgan fingerprint density at radius 1 is 1.33 bits per heavy atom. The molecule has 1 aliphatic heterocycles. The minimum atomic E-state index is 0.270. The molecule has 1 fully saturated rings. The first-order chi connectivity index (χ1) is 11.6. The van der Waals surface area contributed by atoms with E-state index in [0.29, 0.717) is 6.54 Å². The third-order valence-corrected chi connectivity index (χ3v) is 5.49. The Kier molecular flexibility index (Phi) is 5.29. The van der Waals surface area contributed by atoms with Gasteiger partial charge in [0.25, 0.3) is 0 Å². The van der Waals surface area contributed by atoms with Gasteiger partial charge in [0.1, 0.15) is 0 Å². The molecule has 3 rings (SSSR count). The summed E-state index contributed by atoms with van der Waals surface area (Å²) in [6.45, 7) is 10.3. The molecule has 1 saturated heterocycles. The third-order valence-electron chi connectivity index (χ3n) is 4.19. The van der Waals surface area contributed by atoms with Crippen LogP contribution in [0.1, 0.15) is 26.5 Å². The lowest BCUT2D eigenvalue weighted by atomic mass is 10.1. The van der Waals surface area contributed by atoms with E-state index in [0.717, 1.165) is 37.0 Å². The van der Waals surface area contributed by atoms with Gasteiger partial charge in [0.05, 0.1) is 12.2 Å². The Balaban J connectivity index is 1.83. The van der Waals surface area contributed by atoms with Gasteiger partial charge in [-0.3, -0.25) is 4.98 Å². The molecule has 1 N–H and O–H groups in total. The predicted octanol–water partition coefficient (Wildman–Crippen LogP) is 3.53. The molecule has 2 heterocycles. The number of guanidine groups is 1. The van der Waals surface area contributed by atoms with E-state index in [1.165, 1.54) is 10.8 Å². The molecule has 0 unspecified atom stereocenters. The van der Waals surface area contributed by atoms with Crippen molar-refractivity contribution in [1.82, 2.24) is 15.2 Å². The van der Waals surface area contributed by atoms with E-state index in [2.05, 4.69) is 66.3 Å². The Hall–Kier alpha value is -1.75. The number of hydrogen-bond acceptors (Lipinski definition) is 3. The van der Waals surface area contributed by atoms with Gasteiger partial charge >= 0.3 is 0 Å². The molecule has 0 aliphatic carbocycles. The van der Waals surface area contributed by atoms with Crippen LogP contribution in [0.3, 0.4) is 0 Å². The van der Waals surface area contributed by atoms with Crippen LogP contribution in [-0.2, 0) is 6.54 Å². The van der Waals surface area contributed by atoms with E-state index in [-0.39, 0.29) is 4.75 Å². The van der Waals surface area contributed by atoms with Gasteiger partial charge in [0.2, 0.25) is 0 Å². The van der Waals surface area contributed by atoms with E-state index >= 15 is 0 Å². The summed E-state index contributed by atoms with van der Waals surface area (Å²) in [4.78, 5) is 11.8. The van der Waals surface area contributed by atoms with Gasteiger partial charge in [-0.05, 0) is 32.2 Å². The smallest absolute Gasteiger partial charge is 0.194 e. The maximum absolute atomic E-state index is 4.88. The number of fused-ring (bicyclic) bond motifs is 1. The molecule has 0 bridgehead atoms. The topological polar surface area (TPSA) is 40.5 Å². The molecule has 5 heteroatoms. The third kappa shape index (κ3) is 4.01. The lowest BCUT2D eigenvalue weighted by Crippen LogP contribution is -2.50. The van der Waals surface area contributed by atoms with Crippen LogP contribution in [0.2, 0.25) is 0 Å². The molecule has 0 atom stereocenters. The number of rotatable bonds is 3. The Bertz CT molecular complexity index is 721. The second-order valence-corrected chi connectivity index (χ2v) is 8.48. The number of nitrogens with zero attached hydrogens (tertiary/aromatic N) is 3. The number of benzene rings is 1. The van der Waals surface area contributed by atoms with Crippen LogP contribution in [0.5, 0.6) is 0 Å². The van der Waals surface area contributed by atoms with E-state index in [1.54, 1.807) is 0 Å². The average molecular weight is 343 g/mol. The second kappa shape index (κ2) is 7.43. The summed E-state index contributed by atoms with van der Waals surface area (Å²) >= 11 is 2.04. The fourth-order valence-electron chi connectivity index (χ4n) is 3.08. The van der Waals surface area contributed by atoms with Gasteiger partial charge in [0, 0.05) is 41.7 Å². The Labute approximate surface area is 148 Å². The zero-order valence-corrected chi connectivity index (χ0v) is 15.6. The standard InChI is InChI=1S/C19H26N4S/c1-4-20-18(23-11-12-24-19(2,3)14-23)22-13-17-16-8-6-5-7-15(16)9-10-21-17/h5-10H,4,11-14H2,1-3H3,(H,20,22). The van der Waals surface area contributed by atoms with E-state index in [4.69, 9.17) is 4.99 Å². The highest BCUT2D eigenvalue weighted by Crippen LogP contribution is 2.29. The molecular formula is C19H26N4S. The van der Waals surface area contributed by atoms with Crippen LogP contribution in [0, 0.1) is 0 Å². The summed E-state index contributed by atoms with van der Waals surface area (Å²) in [5.41, 5.74) is 1.04. The van der Waals surface area contributed by atoms with Crippen molar-refractivity contribution in [3.63, 3.8) is 0 Å². The largest absolute Gasteiger partial charge is 0.357 e. The lowest BCUT2D eigenvalue weighted by molar-refractivity contribution is 0.375. The molecule has 1 aromatic carbocycles. The normalized spacial score (nSPS) is 18.0. The molecule has 24 heavy (non-hydrogen) atoms. The summed E-state index contributed by atoms with van der Waals surface area (Å²) in [5.74, 6) is 2.14. The minimum Gasteiger partial charge on any atom is -0.357 e. The van der Waals surface area contributed by atoms with Crippen molar-refractivity contribution in [2.45, 2.75) is 32.1 Å². The summed E-state index contributed by atoms with van der Waals surface area (Å²) < 4.78 is 0.270. The molecule has 2 aromatic rings. The van der Waals surface area contributed by atoms with Crippen LogP contribution >= 0.6 is 11.8 Å². The molecule has 4 nitrogen and oxygen atoms in total. The zero-order chi connectivity index (χ0) is 17.0. The number of hydrogen-bond donors (Lipinski definition) is 1. The molecule has 0 saturated carbocycles. The molecule has 1 aromatic heterocycles. The van der Waals surface area contributed by atoms with Crippen LogP contribution < -0.4 is 5.32 Å². The van der Waals surface area contributed by atoms with Crippen molar-refractivity contribution < 1.29 is 0 Å². The summed E-state index contributed by atoms with van der Waals surface area (Å²) in [7, 11) is 0. The maximum atomic E-state index is 4.88. The van der Waals surface area contributed by atoms with Crippen molar-refractivity contribution in [3.8, 4) is 0 Å². The monoisotopic (exact) mass is 342 g/mol. The summed E-state index contributed by atoms with van der Waals surface area (Å²) in [6, 6.07) is 10.4. The first-order valence-corrected chi connectivity index (χ1v) is 9.57. The fraction of sp³-hybridized carbons (Fsp3) is 0.474. The van der Waals surface area contributed by atoms with Crippen LogP contribution in [-0.4, -0.2) is 46.0 Å². The average Bonchev–Trinajstić information content (AvgIpc) is 2.57. The SMILES string of the molecule is CCNC(=NCc1nccc2ccccc12)N1CCSC(C)(C)C1. The first-order valence-electron chi connectivity index (χ1n) is 8.59. The van der Waals surface area contributed by atoms with Gasteiger partial charge in [-0.15, -0.1) is 0 Å². The highest BCUT2D eigenvalue weighted by atomic mass is 32.2. The van der Waals surface area contributed by atoms with Gasteiger partial charge in [-0.25, -0.2) is 4.99 Å². The maximum Gasteiger partial charge on any atom is 0.194 e. The highest BCUT2D eigenvalue weighted by Gasteiger charge is 2.28. The van der Waals surface area contributed by atoms with Gasteiger partial charge in [0.15, 0.2) is 5.96 Å². The molecule has 0 amide bonds. The molecule has 0 spiro atoms. The number of pyridine rings is 1. The lowest BCUT2D eigenvalue weighted by Gasteiger charge is -2.39. The van der Waals surface area contributed by atoms with Gasteiger partial charge < -0.3 is 10.2 Å². The van der Waals surface area contributed by atoms with E-state index in [1.807, 2.05) is 18.0 Å². The van der Waals surface area contributed by atoms with Crippen molar-refractivity contribution in [2.75, 3.05) is 25.4 Å². The van der Waals surface area contributed by atoms with Crippen LogP contribution in [0.4, 0.5) is 0 Å². The minimum absolute atomic E-state index is 0.270. The van der Waals surface area contributed by atoms with Crippen molar-refractivity contribution >= 4 is 28.5 Å². The van der Waals surface area contributed by atoms with E-state index < -0.39 is 0 Å². The van der Waals surface area contributed by atoms with Gasteiger partial charge in [-0.2, -0.15) is 11.8 Å². The molecule has 128 valence electrons. The molecule has 0 radical (unpaired) electrons. The van der Waals surface area contributed by atoms with Crippen molar-refractivity contribution in [1.29, 1.82) is 0 Å². The number of thioether (sulfide) groups is 1. The molecule has 1 aliphatic rings. The number of aliphatic imine (C=N–C) groups is 1.